The van der Waals surface area contributed by atoms with E-state index in [1.165, 1.54) is 11.1 Å². The SMILES string of the molecule is CC1(C)Cc2cc(CNC(CCO)C(C)(C)C)ccc2O1. The van der Waals surface area contributed by atoms with Gasteiger partial charge in [-0.2, -0.15) is 0 Å². The Morgan fingerprint density at radius 2 is 2.05 bits per heavy atom. The van der Waals surface area contributed by atoms with Gasteiger partial charge in [-0.1, -0.05) is 32.9 Å². The summed E-state index contributed by atoms with van der Waals surface area (Å²) in [6, 6.07) is 6.77. The van der Waals surface area contributed by atoms with E-state index in [4.69, 9.17) is 4.74 Å². The molecule has 118 valence electrons. The van der Waals surface area contributed by atoms with Gasteiger partial charge in [-0.3, -0.25) is 0 Å². The monoisotopic (exact) mass is 291 g/mol. The van der Waals surface area contributed by atoms with Crippen LogP contribution in [0.3, 0.4) is 0 Å². The second-order valence-corrected chi connectivity index (χ2v) is 7.79. The third kappa shape index (κ3) is 4.21. The van der Waals surface area contributed by atoms with Gasteiger partial charge in [0.25, 0.3) is 0 Å². The Morgan fingerprint density at radius 3 is 2.67 bits per heavy atom. The van der Waals surface area contributed by atoms with Gasteiger partial charge in [0.15, 0.2) is 0 Å². The zero-order valence-electron chi connectivity index (χ0n) is 14.0. The number of benzene rings is 1. The van der Waals surface area contributed by atoms with Crippen molar-refractivity contribution in [1.29, 1.82) is 0 Å². The third-order valence-electron chi connectivity index (χ3n) is 4.14. The average molecular weight is 291 g/mol. The molecule has 0 spiro atoms. The summed E-state index contributed by atoms with van der Waals surface area (Å²) in [6.45, 7) is 11.9. The summed E-state index contributed by atoms with van der Waals surface area (Å²) in [5.74, 6) is 1.02. The van der Waals surface area contributed by atoms with Crippen molar-refractivity contribution in [3.63, 3.8) is 0 Å². The first kappa shape index (κ1) is 16.3. The van der Waals surface area contributed by atoms with Gasteiger partial charge in [-0.25, -0.2) is 0 Å². The molecule has 1 heterocycles. The van der Waals surface area contributed by atoms with E-state index in [-0.39, 0.29) is 17.6 Å². The van der Waals surface area contributed by atoms with E-state index < -0.39 is 0 Å². The Morgan fingerprint density at radius 1 is 1.33 bits per heavy atom. The molecule has 1 aromatic carbocycles. The topological polar surface area (TPSA) is 41.5 Å². The zero-order valence-corrected chi connectivity index (χ0v) is 14.0. The van der Waals surface area contributed by atoms with Crippen molar-refractivity contribution in [3.8, 4) is 5.75 Å². The second kappa shape index (κ2) is 5.98. The van der Waals surface area contributed by atoms with Gasteiger partial charge in [-0.15, -0.1) is 0 Å². The fraction of sp³-hybridized carbons (Fsp3) is 0.667. The van der Waals surface area contributed by atoms with Crippen molar-refractivity contribution in [2.75, 3.05) is 6.61 Å². The van der Waals surface area contributed by atoms with E-state index in [2.05, 4.69) is 58.1 Å². The Labute approximate surface area is 128 Å². The van der Waals surface area contributed by atoms with Crippen LogP contribution in [-0.4, -0.2) is 23.4 Å². The van der Waals surface area contributed by atoms with Crippen LogP contribution in [0.25, 0.3) is 0 Å². The molecule has 21 heavy (non-hydrogen) atoms. The molecule has 3 nitrogen and oxygen atoms in total. The standard InChI is InChI=1S/C18H29NO2/c1-17(2,3)16(8-9-20)19-12-13-6-7-15-14(10-13)11-18(4,5)21-15/h6-7,10,16,19-20H,8-9,11-12H2,1-5H3. The molecule has 0 fully saturated rings. The fourth-order valence-corrected chi connectivity index (χ4v) is 2.98. The van der Waals surface area contributed by atoms with Gasteiger partial charge in [0.2, 0.25) is 0 Å². The number of aliphatic hydroxyl groups excluding tert-OH is 1. The van der Waals surface area contributed by atoms with E-state index in [1.807, 2.05) is 0 Å². The lowest BCUT2D eigenvalue weighted by Gasteiger charge is -2.31. The number of hydrogen-bond acceptors (Lipinski definition) is 3. The smallest absolute Gasteiger partial charge is 0.123 e. The zero-order chi connectivity index (χ0) is 15.7. The maximum atomic E-state index is 9.23. The first-order chi connectivity index (χ1) is 9.71. The maximum absolute atomic E-state index is 9.23. The molecule has 0 aliphatic carbocycles. The lowest BCUT2D eigenvalue weighted by molar-refractivity contribution is 0.138. The molecule has 1 aromatic rings. The van der Waals surface area contributed by atoms with E-state index in [0.29, 0.717) is 6.04 Å². The van der Waals surface area contributed by atoms with Crippen LogP contribution in [0.2, 0.25) is 0 Å². The highest BCUT2D eigenvalue weighted by Gasteiger charge is 2.30. The summed E-state index contributed by atoms with van der Waals surface area (Å²) in [6.07, 6.45) is 1.75. The van der Waals surface area contributed by atoms with Crippen molar-refractivity contribution in [3.05, 3.63) is 29.3 Å². The number of ether oxygens (including phenoxy) is 1. The quantitative estimate of drug-likeness (QED) is 0.874. The van der Waals surface area contributed by atoms with Crippen molar-refractivity contribution in [1.82, 2.24) is 5.32 Å². The molecule has 0 saturated carbocycles. The van der Waals surface area contributed by atoms with Crippen LogP contribution in [0.4, 0.5) is 0 Å². The number of rotatable bonds is 5. The molecule has 0 bridgehead atoms. The third-order valence-corrected chi connectivity index (χ3v) is 4.14. The van der Waals surface area contributed by atoms with Crippen LogP contribution < -0.4 is 10.1 Å². The first-order valence-corrected chi connectivity index (χ1v) is 7.86. The van der Waals surface area contributed by atoms with Crippen LogP contribution in [0.5, 0.6) is 5.75 Å². The lowest BCUT2D eigenvalue weighted by atomic mass is 9.85. The van der Waals surface area contributed by atoms with Gasteiger partial charge in [0.1, 0.15) is 11.4 Å². The Bertz CT molecular complexity index is 488. The Hall–Kier alpha value is -1.06. The van der Waals surface area contributed by atoms with Gasteiger partial charge < -0.3 is 15.2 Å². The molecule has 2 N–H and O–H groups in total. The molecular weight excluding hydrogens is 262 g/mol. The lowest BCUT2D eigenvalue weighted by Crippen LogP contribution is -2.40. The summed E-state index contributed by atoms with van der Waals surface area (Å²) in [4.78, 5) is 0. The highest BCUT2D eigenvalue weighted by Crippen LogP contribution is 2.35. The van der Waals surface area contributed by atoms with Crippen molar-refractivity contribution < 1.29 is 9.84 Å². The summed E-state index contributed by atoms with van der Waals surface area (Å²) in [5, 5.41) is 12.8. The summed E-state index contributed by atoms with van der Waals surface area (Å²) in [5.41, 5.74) is 2.64. The number of hydrogen-bond donors (Lipinski definition) is 2. The predicted octanol–water partition coefficient (Wildman–Crippen LogP) is 3.29. The summed E-state index contributed by atoms with van der Waals surface area (Å²) < 4.78 is 5.91. The predicted molar refractivity (Wildman–Crippen MR) is 86.6 cm³/mol. The molecule has 3 heteroatoms. The molecule has 1 aliphatic heterocycles. The van der Waals surface area contributed by atoms with Crippen LogP contribution in [-0.2, 0) is 13.0 Å². The fourth-order valence-electron chi connectivity index (χ4n) is 2.98. The number of nitrogens with one attached hydrogen (secondary N) is 1. The average Bonchev–Trinajstić information content (AvgIpc) is 2.66. The molecule has 1 aliphatic rings. The molecule has 2 rings (SSSR count). The van der Waals surface area contributed by atoms with Gasteiger partial charge in [-0.05, 0) is 42.9 Å². The van der Waals surface area contributed by atoms with Gasteiger partial charge >= 0.3 is 0 Å². The first-order valence-electron chi connectivity index (χ1n) is 7.86. The number of aliphatic hydroxyl groups is 1. The van der Waals surface area contributed by atoms with Crippen LogP contribution in [0.1, 0.15) is 52.2 Å². The molecule has 1 atom stereocenters. The van der Waals surface area contributed by atoms with Crippen LogP contribution in [0.15, 0.2) is 18.2 Å². The van der Waals surface area contributed by atoms with E-state index in [9.17, 15) is 5.11 Å². The highest BCUT2D eigenvalue weighted by atomic mass is 16.5. The van der Waals surface area contributed by atoms with E-state index >= 15 is 0 Å². The van der Waals surface area contributed by atoms with Crippen molar-refractivity contribution in [2.45, 2.75) is 65.6 Å². The summed E-state index contributed by atoms with van der Waals surface area (Å²) >= 11 is 0. The van der Waals surface area contributed by atoms with Crippen LogP contribution >= 0.6 is 0 Å². The van der Waals surface area contributed by atoms with Crippen molar-refractivity contribution >= 4 is 0 Å². The second-order valence-electron chi connectivity index (χ2n) is 7.79. The molecule has 0 saturated heterocycles. The molecule has 1 unspecified atom stereocenters. The van der Waals surface area contributed by atoms with Gasteiger partial charge in [0, 0.05) is 25.6 Å². The maximum Gasteiger partial charge on any atom is 0.123 e. The molecule has 0 aromatic heterocycles. The summed E-state index contributed by atoms with van der Waals surface area (Å²) in [7, 11) is 0. The van der Waals surface area contributed by atoms with Crippen molar-refractivity contribution in [2.24, 2.45) is 5.41 Å². The highest BCUT2D eigenvalue weighted by molar-refractivity contribution is 5.41. The normalized spacial score (nSPS) is 18.2. The van der Waals surface area contributed by atoms with E-state index in [1.54, 1.807) is 0 Å². The largest absolute Gasteiger partial charge is 0.487 e. The Kier molecular flexibility index (Phi) is 4.64. The molecule has 0 radical (unpaired) electrons. The molecular formula is C18H29NO2. The minimum Gasteiger partial charge on any atom is -0.487 e. The molecule has 0 amide bonds. The Balaban J connectivity index is 2.01. The van der Waals surface area contributed by atoms with Gasteiger partial charge in [0.05, 0.1) is 0 Å². The minimum absolute atomic E-state index is 0.0841. The minimum atomic E-state index is -0.0841. The van der Waals surface area contributed by atoms with E-state index in [0.717, 1.165) is 25.1 Å². The number of fused-ring (bicyclic) bond motifs is 1. The van der Waals surface area contributed by atoms with Crippen LogP contribution in [0, 0.1) is 5.41 Å².